The van der Waals surface area contributed by atoms with Gasteiger partial charge in [-0.2, -0.15) is 0 Å². The molecule has 9 unspecified atom stereocenters. The first-order valence-corrected chi connectivity index (χ1v) is 8.55. The molecule has 2 N–H and O–H groups in total. The van der Waals surface area contributed by atoms with Crippen LogP contribution >= 0.6 is 0 Å². The topological polar surface area (TPSA) is 43.1 Å². The first-order chi connectivity index (χ1) is 9.79. The van der Waals surface area contributed by atoms with Crippen molar-refractivity contribution in [1.82, 2.24) is 0 Å². The van der Waals surface area contributed by atoms with E-state index in [-0.39, 0.29) is 6.10 Å². The third kappa shape index (κ3) is 1.68. The van der Waals surface area contributed by atoms with E-state index in [1.807, 2.05) is 4.90 Å². The quantitative estimate of drug-likeness (QED) is 0.646. The van der Waals surface area contributed by atoms with Crippen molar-refractivity contribution in [3.8, 4) is 0 Å². The zero-order valence-corrected chi connectivity index (χ0v) is 12.0. The molecule has 0 aromatic rings. The van der Waals surface area contributed by atoms with Crippen LogP contribution in [0.3, 0.4) is 0 Å². The maximum Gasteiger partial charge on any atom is 0.147 e. The van der Waals surface area contributed by atoms with Crippen molar-refractivity contribution in [1.29, 1.82) is 0 Å². The minimum Gasteiger partial charge on any atom is -0.393 e. The molecule has 3 aliphatic heterocycles. The van der Waals surface area contributed by atoms with Crippen LogP contribution in [0.4, 0.5) is 0 Å². The lowest BCUT2D eigenvalue weighted by Crippen LogP contribution is -3.17. The second-order valence-corrected chi connectivity index (χ2v) is 7.90. The molecule has 2 saturated carbocycles. The molecule has 5 rings (SSSR count). The summed E-state index contributed by atoms with van der Waals surface area (Å²) in [6.07, 6.45) is 6.49. The van der Waals surface area contributed by atoms with Crippen molar-refractivity contribution in [2.45, 2.75) is 56.5 Å². The van der Waals surface area contributed by atoms with Crippen LogP contribution in [0.1, 0.15) is 32.1 Å². The first kappa shape index (κ1) is 12.4. The van der Waals surface area contributed by atoms with Gasteiger partial charge in [0.2, 0.25) is 0 Å². The van der Waals surface area contributed by atoms with Gasteiger partial charge in [-0.05, 0) is 31.6 Å². The molecular weight excluding hydrogens is 254 g/mol. The minimum absolute atomic E-state index is 0.0437. The number of rotatable bonds is 0. The second-order valence-electron chi connectivity index (χ2n) is 7.90. The first-order valence-electron chi connectivity index (χ1n) is 8.55. The number of quaternary nitrogens is 1. The molecule has 9 atom stereocenters. The molecule has 4 nitrogen and oxygen atoms in total. The molecule has 0 aromatic carbocycles. The normalized spacial score (nSPS) is 60.8. The van der Waals surface area contributed by atoms with Gasteiger partial charge in [0.05, 0.1) is 37.4 Å². The summed E-state index contributed by atoms with van der Waals surface area (Å²) in [5.41, 5.74) is 0. The summed E-state index contributed by atoms with van der Waals surface area (Å²) in [7, 11) is 0. The Labute approximate surface area is 120 Å². The highest BCUT2D eigenvalue weighted by molar-refractivity contribution is 5.00. The van der Waals surface area contributed by atoms with Gasteiger partial charge in [0.15, 0.2) is 0 Å². The Morgan fingerprint density at radius 1 is 0.900 bits per heavy atom. The lowest BCUT2D eigenvalue weighted by molar-refractivity contribution is -0.930. The second kappa shape index (κ2) is 4.42. The lowest BCUT2D eigenvalue weighted by Gasteiger charge is -2.51. The number of fused-ring (bicyclic) bond motifs is 3. The number of aliphatic hydroxyl groups is 1. The lowest BCUT2D eigenvalue weighted by atomic mass is 9.60. The highest BCUT2D eigenvalue weighted by Crippen LogP contribution is 2.48. The zero-order chi connectivity index (χ0) is 13.3. The molecule has 0 amide bonds. The molecule has 2 aliphatic carbocycles. The average molecular weight is 280 g/mol. The number of piperidine rings is 1. The maximum atomic E-state index is 10.3. The van der Waals surface area contributed by atoms with Gasteiger partial charge in [-0.3, -0.25) is 0 Å². The smallest absolute Gasteiger partial charge is 0.147 e. The Hall–Kier alpha value is -0.160. The Morgan fingerprint density at radius 3 is 2.65 bits per heavy atom. The number of hydrogen-bond acceptors (Lipinski definition) is 3. The third-order valence-corrected chi connectivity index (χ3v) is 7.09. The van der Waals surface area contributed by atoms with Crippen LogP contribution in [-0.2, 0) is 9.47 Å². The fourth-order valence-electron chi connectivity index (χ4n) is 6.45. The van der Waals surface area contributed by atoms with E-state index in [1.165, 1.54) is 32.4 Å². The third-order valence-electron chi connectivity index (χ3n) is 7.09. The number of aliphatic hydroxyl groups excluding tert-OH is 1. The van der Waals surface area contributed by atoms with E-state index in [0.29, 0.717) is 19.0 Å². The maximum absolute atomic E-state index is 10.3. The summed E-state index contributed by atoms with van der Waals surface area (Å²) in [4.78, 5) is 1.85. The molecule has 112 valence electrons. The SMILES string of the molecule is OC1CC2CC[NH+]3CC4CC5OCOC5CC4C(C1)C23. The molecule has 0 aromatic heterocycles. The van der Waals surface area contributed by atoms with Crippen LogP contribution in [0.25, 0.3) is 0 Å². The summed E-state index contributed by atoms with van der Waals surface area (Å²) in [6, 6.07) is 0.846. The number of hydrogen-bond donors (Lipinski definition) is 2. The van der Waals surface area contributed by atoms with Crippen LogP contribution in [0, 0.1) is 23.7 Å². The summed E-state index contributed by atoms with van der Waals surface area (Å²) in [5, 5.41) is 10.3. The molecule has 0 radical (unpaired) electrons. The molecule has 3 saturated heterocycles. The van der Waals surface area contributed by atoms with Crippen LogP contribution in [-0.4, -0.2) is 49.3 Å². The molecule has 0 spiro atoms. The standard InChI is InChI=1S/C16H25NO3/c18-11-3-9-1-2-17-7-10-4-14-15(20-8-19-14)6-12(10)13(5-11)16(9)17/h9-16,18H,1-8H2/p+1. The van der Waals surface area contributed by atoms with Crippen LogP contribution in [0.2, 0.25) is 0 Å². The van der Waals surface area contributed by atoms with E-state index < -0.39 is 0 Å². The zero-order valence-electron chi connectivity index (χ0n) is 12.0. The molecule has 0 bridgehead atoms. The largest absolute Gasteiger partial charge is 0.393 e. The minimum atomic E-state index is -0.0437. The number of nitrogens with one attached hydrogen (secondary N) is 1. The Bertz CT molecular complexity index is 403. The Morgan fingerprint density at radius 2 is 1.75 bits per heavy atom. The van der Waals surface area contributed by atoms with E-state index in [1.54, 1.807) is 0 Å². The molecule has 5 fully saturated rings. The van der Waals surface area contributed by atoms with Gasteiger partial charge in [-0.1, -0.05) is 0 Å². The Kier molecular flexibility index (Phi) is 2.74. The van der Waals surface area contributed by atoms with Gasteiger partial charge in [0, 0.05) is 24.2 Å². The fourth-order valence-corrected chi connectivity index (χ4v) is 6.45. The van der Waals surface area contributed by atoms with Crippen molar-refractivity contribution >= 4 is 0 Å². The van der Waals surface area contributed by atoms with Gasteiger partial charge in [0.25, 0.3) is 0 Å². The molecule has 4 heteroatoms. The summed E-state index contributed by atoms with van der Waals surface area (Å²) in [5.74, 6) is 3.11. The molecular formula is C16H26NO3+. The van der Waals surface area contributed by atoms with Gasteiger partial charge in [-0.25, -0.2) is 0 Å². The van der Waals surface area contributed by atoms with Crippen molar-refractivity contribution in [3.05, 3.63) is 0 Å². The fraction of sp³-hybridized carbons (Fsp3) is 1.00. The number of ether oxygens (including phenoxy) is 2. The highest BCUT2D eigenvalue weighted by Gasteiger charge is 2.58. The van der Waals surface area contributed by atoms with E-state index in [9.17, 15) is 5.11 Å². The summed E-state index contributed by atoms with van der Waals surface area (Å²) in [6.45, 7) is 3.20. The van der Waals surface area contributed by atoms with Gasteiger partial charge in [0.1, 0.15) is 6.79 Å². The van der Waals surface area contributed by atoms with Crippen LogP contribution in [0.5, 0.6) is 0 Å². The average Bonchev–Trinajstić information content (AvgIpc) is 3.04. The van der Waals surface area contributed by atoms with E-state index >= 15 is 0 Å². The van der Waals surface area contributed by atoms with Gasteiger partial charge >= 0.3 is 0 Å². The summed E-state index contributed by atoms with van der Waals surface area (Å²) >= 11 is 0. The van der Waals surface area contributed by atoms with Gasteiger partial charge < -0.3 is 19.5 Å². The molecule has 20 heavy (non-hydrogen) atoms. The molecule has 3 heterocycles. The van der Waals surface area contributed by atoms with Crippen LogP contribution in [0.15, 0.2) is 0 Å². The highest BCUT2D eigenvalue weighted by atomic mass is 16.7. The summed E-state index contributed by atoms with van der Waals surface area (Å²) < 4.78 is 11.6. The van der Waals surface area contributed by atoms with Crippen molar-refractivity contribution in [2.24, 2.45) is 23.7 Å². The monoisotopic (exact) mass is 280 g/mol. The van der Waals surface area contributed by atoms with E-state index in [2.05, 4.69) is 0 Å². The van der Waals surface area contributed by atoms with E-state index in [4.69, 9.17) is 9.47 Å². The van der Waals surface area contributed by atoms with Crippen LogP contribution < -0.4 is 4.90 Å². The van der Waals surface area contributed by atoms with Crippen molar-refractivity contribution in [3.63, 3.8) is 0 Å². The van der Waals surface area contributed by atoms with Crippen molar-refractivity contribution < 1.29 is 19.5 Å². The van der Waals surface area contributed by atoms with Gasteiger partial charge in [-0.15, -0.1) is 0 Å². The van der Waals surface area contributed by atoms with Crippen molar-refractivity contribution in [2.75, 3.05) is 19.9 Å². The predicted molar refractivity (Wildman–Crippen MR) is 72.1 cm³/mol. The van der Waals surface area contributed by atoms with E-state index in [0.717, 1.165) is 42.6 Å². The molecule has 5 aliphatic rings. The predicted octanol–water partition coefficient (Wildman–Crippen LogP) is -0.188. The Balaban J connectivity index is 1.45.